The summed E-state index contributed by atoms with van der Waals surface area (Å²) < 4.78 is 17.1. The van der Waals surface area contributed by atoms with Gasteiger partial charge in [-0.05, 0) is 48.2 Å². The van der Waals surface area contributed by atoms with Crippen LogP contribution in [0.15, 0.2) is 54.1 Å². The molecule has 0 bridgehead atoms. The Morgan fingerprint density at radius 3 is 2.59 bits per heavy atom. The number of nitrogens with zero attached hydrogens (tertiary/aromatic N) is 1. The van der Waals surface area contributed by atoms with Crippen LogP contribution in [-0.2, 0) is 16.0 Å². The molecule has 0 aromatic heterocycles. The quantitative estimate of drug-likeness (QED) is 0.402. The number of benzene rings is 2. The number of carbonyl (C=O) groups excluding carboxylic acids is 2. The van der Waals surface area contributed by atoms with Gasteiger partial charge in [-0.1, -0.05) is 32.0 Å². The van der Waals surface area contributed by atoms with Gasteiger partial charge < -0.3 is 34.6 Å². The Morgan fingerprint density at radius 2 is 1.90 bits per heavy atom. The Labute approximate surface area is 229 Å². The summed E-state index contributed by atoms with van der Waals surface area (Å²) >= 11 is 0. The lowest BCUT2D eigenvalue weighted by atomic mass is 9.77. The SMILES string of the molecule is COc1ccc(OC)c(CCN(C(=O)CC(C)C)C2C=C(C(=O)NCCO)C3c4ccccc4OC3C2O)c1. The Hall–Kier alpha value is -3.56. The first-order valence-electron chi connectivity index (χ1n) is 13.3. The molecule has 2 amide bonds. The molecule has 9 heteroatoms. The molecule has 0 saturated heterocycles. The van der Waals surface area contributed by atoms with Gasteiger partial charge in [-0.3, -0.25) is 9.59 Å². The average Bonchev–Trinajstić information content (AvgIpc) is 3.32. The number of aliphatic hydroxyl groups is 2. The molecule has 1 heterocycles. The Balaban J connectivity index is 1.72. The summed E-state index contributed by atoms with van der Waals surface area (Å²) in [5, 5.41) is 23.7. The lowest BCUT2D eigenvalue weighted by Gasteiger charge is -2.41. The van der Waals surface area contributed by atoms with Crippen molar-refractivity contribution < 1.29 is 34.0 Å². The standard InChI is InChI=1S/C30H38N2O7/c1-18(2)15-26(34)32(13-11-19-16-20(37-3)9-10-24(19)38-4)23-17-22(30(36)31-12-14-33)27-21-7-5-6-8-25(21)39-29(27)28(23)35/h5-10,16-18,23,27-29,33,35H,11-15H2,1-4H3,(H,31,36). The second-order valence-corrected chi connectivity index (χ2v) is 10.3. The number of para-hydroxylation sites is 1. The van der Waals surface area contributed by atoms with Gasteiger partial charge in [-0.15, -0.1) is 0 Å². The zero-order valence-corrected chi connectivity index (χ0v) is 22.9. The molecule has 2 aromatic rings. The van der Waals surface area contributed by atoms with Crippen LogP contribution in [-0.4, -0.2) is 79.1 Å². The van der Waals surface area contributed by atoms with Crippen molar-refractivity contribution in [3.63, 3.8) is 0 Å². The van der Waals surface area contributed by atoms with Crippen LogP contribution in [0.2, 0.25) is 0 Å². The van der Waals surface area contributed by atoms with Crippen LogP contribution in [0.1, 0.15) is 37.3 Å². The molecule has 0 saturated carbocycles. The molecule has 3 N–H and O–H groups in total. The maximum atomic E-state index is 13.6. The Morgan fingerprint density at radius 1 is 1.13 bits per heavy atom. The van der Waals surface area contributed by atoms with Crippen LogP contribution >= 0.6 is 0 Å². The van der Waals surface area contributed by atoms with Crippen LogP contribution < -0.4 is 19.5 Å². The summed E-state index contributed by atoms with van der Waals surface area (Å²) in [5.41, 5.74) is 2.08. The lowest BCUT2D eigenvalue weighted by Crippen LogP contribution is -2.56. The maximum absolute atomic E-state index is 13.6. The maximum Gasteiger partial charge on any atom is 0.247 e. The normalized spacial score (nSPS) is 21.4. The van der Waals surface area contributed by atoms with Gasteiger partial charge in [0.1, 0.15) is 29.5 Å². The Bertz CT molecular complexity index is 1210. The molecule has 1 aliphatic heterocycles. The number of nitrogens with one attached hydrogen (secondary N) is 1. The Kier molecular flexibility index (Phi) is 9.14. The van der Waals surface area contributed by atoms with E-state index >= 15 is 0 Å². The molecule has 0 fully saturated rings. The van der Waals surface area contributed by atoms with Gasteiger partial charge in [0.15, 0.2) is 0 Å². The van der Waals surface area contributed by atoms with E-state index in [1.54, 1.807) is 25.2 Å². The third-order valence-corrected chi connectivity index (χ3v) is 7.25. The highest BCUT2D eigenvalue weighted by Gasteiger charge is 2.50. The van der Waals surface area contributed by atoms with Crippen LogP contribution in [0.5, 0.6) is 17.2 Å². The summed E-state index contributed by atoms with van der Waals surface area (Å²) in [6.07, 6.45) is 0.620. The van der Waals surface area contributed by atoms with E-state index in [0.29, 0.717) is 29.2 Å². The summed E-state index contributed by atoms with van der Waals surface area (Å²) in [6, 6.07) is 12.1. The fraction of sp³-hybridized carbons (Fsp3) is 0.467. The monoisotopic (exact) mass is 538 g/mol. The number of hydrogen-bond acceptors (Lipinski definition) is 7. The highest BCUT2D eigenvalue weighted by atomic mass is 16.5. The highest BCUT2D eigenvalue weighted by Crippen LogP contribution is 2.47. The molecule has 2 aromatic carbocycles. The summed E-state index contributed by atoms with van der Waals surface area (Å²) in [6.45, 7) is 4.11. The van der Waals surface area contributed by atoms with Crippen molar-refractivity contribution in [2.45, 2.75) is 50.9 Å². The van der Waals surface area contributed by atoms with E-state index in [4.69, 9.17) is 14.2 Å². The number of hydrogen-bond donors (Lipinski definition) is 3. The van der Waals surface area contributed by atoms with Gasteiger partial charge in [0, 0.05) is 30.6 Å². The number of amides is 2. The van der Waals surface area contributed by atoms with Crippen LogP contribution in [0, 0.1) is 5.92 Å². The fourth-order valence-electron chi connectivity index (χ4n) is 5.42. The molecule has 4 atom stereocenters. The highest BCUT2D eigenvalue weighted by molar-refractivity contribution is 5.96. The molecule has 4 unspecified atom stereocenters. The van der Waals surface area contributed by atoms with E-state index in [0.717, 1.165) is 11.1 Å². The first-order chi connectivity index (χ1) is 18.8. The molecule has 210 valence electrons. The predicted molar refractivity (Wildman–Crippen MR) is 146 cm³/mol. The van der Waals surface area contributed by atoms with Crippen molar-refractivity contribution in [2.24, 2.45) is 5.92 Å². The molecule has 2 aliphatic rings. The van der Waals surface area contributed by atoms with Crippen molar-refractivity contribution in [2.75, 3.05) is 33.9 Å². The molecule has 39 heavy (non-hydrogen) atoms. The number of fused-ring (bicyclic) bond motifs is 3. The zero-order valence-electron chi connectivity index (χ0n) is 22.9. The number of methoxy groups -OCH3 is 2. The van der Waals surface area contributed by atoms with Crippen LogP contribution in [0.25, 0.3) is 0 Å². The minimum absolute atomic E-state index is 0.0922. The second kappa shape index (κ2) is 12.5. The van der Waals surface area contributed by atoms with Gasteiger partial charge in [0.25, 0.3) is 0 Å². The third-order valence-electron chi connectivity index (χ3n) is 7.25. The molecule has 0 radical (unpaired) electrons. The predicted octanol–water partition coefficient (Wildman–Crippen LogP) is 2.44. The minimum atomic E-state index is -1.07. The van der Waals surface area contributed by atoms with Gasteiger partial charge >= 0.3 is 0 Å². The number of aliphatic hydroxyl groups excluding tert-OH is 2. The van der Waals surface area contributed by atoms with Crippen LogP contribution in [0.3, 0.4) is 0 Å². The van der Waals surface area contributed by atoms with E-state index < -0.39 is 24.2 Å². The molecule has 4 rings (SSSR count). The topological polar surface area (TPSA) is 118 Å². The number of rotatable bonds is 11. The molecule has 0 spiro atoms. The van der Waals surface area contributed by atoms with Gasteiger partial charge in [0.05, 0.1) is 32.8 Å². The fourth-order valence-corrected chi connectivity index (χ4v) is 5.42. The summed E-state index contributed by atoms with van der Waals surface area (Å²) in [4.78, 5) is 28.6. The van der Waals surface area contributed by atoms with E-state index in [9.17, 15) is 19.8 Å². The van der Waals surface area contributed by atoms with Crippen molar-refractivity contribution in [3.05, 3.63) is 65.2 Å². The van der Waals surface area contributed by atoms with E-state index in [2.05, 4.69) is 5.32 Å². The molecular weight excluding hydrogens is 500 g/mol. The van der Waals surface area contributed by atoms with Gasteiger partial charge in [0.2, 0.25) is 11.8 Å². The van der Waals surface area contributed by atoms with E-state index in [-0.39, 0.29) is 43.8 Å². The van der Waals surface area contributed by atoms with E-state index in [1.807, 2.05) is 56.3 Å². The third kappa shape index (κ3) is 6.04. The first kappa shape index (κ1) is 28.4. The lowest BCUT2D eigenvalue weighted by molar-refractivity contribution is -0.137. The zero-order chi connectivity index (χ0) is 28.1. The van der Waals surface area contributed by atoms with Crippen molar-refractivity contribution in [1.29, 1.82) is 0 Å². The van der Waals surface area contributed by atoms with Gasteiger partial charge in [-0.25, -0.2) is 0 Å². The smallest absolute Gasteiger partial charge is 0.247 e. The van der Waals surface area contributed by atoms with Crippen molar-refractivity contribution in [3.8, 4) is 17.2 Å². The van der Waals surface area contributed by atoms with Gasteiger partial charge in [-0.2, -0.15) is 0 Å². The largest absolute Gasteiger partial charge is 0.497 e. The summed E-state index contributed by atoms with van der Waals surface area (Å²) in [7, 11) is 3.18. The number of carbonyl (C=O) groups is 2. The first-order valence-corrected chi connectivity index (χ1v) is 13.3. The molecule has 1 aliphatic carbocycles. The summed E-state index contributed by atoms with van der Waals surface area (Å²) in [5.74, 6) is 1.07. The second-order valence-electron chi connectivity index (χ2n) is 10.3. The van der Waals surface area contributed by atoms with E-state index in [1.165, 1.54) is 0 Å². The average molecular weight is 539 g/mol. The molecule has 9 nitrogen and oxygen atoms in total. The van der Waals surface area contributed by atoms with Crippen molar-refractivity contribution in [1.82, 2.24) is 10.2 Å². The minimum Gasteiger partial charge on any atom is -0.497 e. The van der Waals surface area contributed by atoms with Crippen LogP contribution in [0.4, 0.5) is 0 Å². The molecular formula is C30H38N2O7. The number of ether oxygens (including phenoxy) is 3. The van der Waals surface area contributed by atoms with Crippen molar-refractivity contribution >= 4 is 11.8 Å².